The van der Waals surface area contributed by atoms with Crippen LogP contribution >= 0.6 is 43.1 Å². The van der Waals surface area contributed by atoms with Gasteiger partial charge in [-0.3, -0.25) is 23.5 Å². The van der Waals surface area contributed by atoms with Crippen molar-refractivity contribution in [3.63, 3.8) is 0 Å². The molecule has 7 aliphatic rings. The minimum absolute atomic E-state index is 0.00394. The van der Waals surface area contributed by atoms with E-state index < -0.39 is 74.9 Å². The van der Waals surface area contributed by atoms with Gasteiger partial charge in [-0.1, -0.05) is 29.5 Å². The number of ether oxygens (including phenoxy) is 1. The number of urea groups is 3. The molecular formula is C43H59N17O15PS3-. The van der Waals surface area contributed by atoms with Crippen molar-refractivity contribution in [3.05, 3.63) is 33.5 Å². The first-order valence-electron chi connectivity index (χ1n) is 25.0. The number of phosphoric ester groups is 1. The van der Waals surface area contributed by atoms with E-state index in [0.717, 1.165) is 36.5 Å². The second-order valence-electron chi connectivity index (χ2n) is 19.2. The van der Waals surface area contributed by atoms with Crippen LogP contribution in [0.3, 0.4) is 0 Å². The number of carboxylic acid groups (broad SMARTS) is 2. The number of aliphatic hydroxyl groups excluding tert-OH is 2. The highest BCUT2D eigenvalue weighted by Crippen LogP contribution is 2.42. The predicted molar refractivity (Wildman–Crippen MR) is 281 cm³/mol. The van der Waals surface area contributed by atoms with Crippen LogP contribution in [0.15, 0.2) is 22.9 Å². The molecule has 0 spiro atoms. The quantitative estimate of drug-likeness (QED) is 0.0186. The minimum Gasteiger partial charge on any atom is -0.746 e. The monoisotopic (exact) mass is 1180 g/mol. The summed E-state index contributed by atoms with van der Waals surface area (Å²) < 4.78 is 28.5. The van der Waals surface area contributed by atoms with Crippen LogP contribution in [0, 0.1) is 18.3 Å². The zero-order chi connectivity index (χ0) is 57.0. The average molecular weight is 1180 g/mol. The summed E-state index contributed by atoms with van der Waals surface area (Å²) in [5.74, 6) is 1.38. The molecule has 32 nitrogen and oxygen atoms in total. The highest BCUT2D eigenvalue weighted by Gasteiger charge is 2.47. The Morgan fingerprint density at radius 2 is 1.33 bits per heavy atom. The fraction of sp³-hybridized carbons (Fsp3) is 0.698. The van der Waals surface area contributed by atoms with Crippen molar-refractivity contribution in [1.82, 2.24) is 51.4 Å². The zero-order valence-electron chi connectivity index (χ0n) is 41.9. The predicted octanol–water partition coefficient (Wildman–Crippen LogP) is 1.20. The molecule has 79 heavy (non-hydrogen) atoms. The number of phosphoric acid groups is 1. The lowest BCUT2D eigenvalue weighted by atomic mass is 9.96. The molecule has 6 amide bonds. The molecule has 2 aromatic rings. The number of azide groups is 2. The molecule has 0 radical (unpaired) electrons. The number of aliphatic hydroxyl groups is 2. The largest absolute Gasteiger partial charge is 0.746 e. The Morgan fingerprint density at radius 1 is 0.823 bits per heavy atom. The zero-order valence-corrected chi connectivity index (χ0v) is 45.2. The maximum absolute atomic E-state index is 12.5. The number of hydrogen-bond donors (Lipinski definition) is 11. The van der Waals surface area contributed by atoms with Gasteiger partial charge in [-0.15, -0.1) is 12.3 Å². The number of hydrogen-bond acceptors (Lipinski definition) is 22. The Labute approximate surface area is 462 Å². The van der Waals surface area contributed by atoms with E-state index in [9.17, 15) is 48.4 Å². The van der Waals surface area contributed by atoms with Gasteiger partial charge in [0.2, 0.25) is 0 Å². The van der Waals surface area contributed by atoms with Crippen LogP contribution < -0.4 is 42.5 Å². The fourth-order valence-electron chi connectivity index (χ4n) is 10.1. The van der Waals surface area contributed by atoms with Crippen molar-refractivity contribution in [2.75, 3.05) is 29.6 Å². The van der Waals surface area contributed by atoms with Crippen molar-refractivity contribution < 1.29 is 72.4 Å². The highest BCUT2D eigenvalue weighted by atomic mass is 32.2. The number of carboxylic acids is 2. The molecule has 36 heteroatoms. The van der Waals surface area contributed by atoms with E-state index in [1.165, 1.54) is 17.2 Å². The molecule has 430 valence electrons. The van der Waals surface area contributed by atoms with Crippen LogP contribution in [-0.2, 0) is 32.7 Å². The molecule has 7 saturated heterocycles. The lowest BCUT2D eigenvalue weighted by Gasteiger charge is -2.25. The topological polar surface area (TPSA) is 490 Å². The van der Waals surface area contributed by atoms with Crippen molar-refractivity contribution >= 4 is 96.1 Å². The van der Waals surface area contributed by atoms with Gasteiger partial charge in [-0.25, -0.2) is 29.3 Å². The number of thioether (sulfide) groups is 3. The van der Waals surface area contributed by atoms with Crippen molar-refractivity contribution in [2.45, 2.75) is 153 Å². The van der Waals surface area contributed by atoms with E-state index >= 15 is 0 Å². The van der Waals surface area contributed by atoms with Gasteiger partial charge in [0.05, 0.1) is 55.1 Å². The summed E-state index contributed by atoms with van der Waals surface area (Å²) in [6.07, 6.45) is 7.34. The SMILES string of the molecule is C#CCC(CCC[C@@H]1SC[C@@H]2NC(=O)N[C@@H]21)C(=O)O.[N-]=[N+]=NC(CCC[C@@H]1SC[C@@H]2NC(=O)N[C@@H]21)C(=O)O.[N-]=[N+]=NC(CCC[C@@H]1SC[C@@H]2NC(=O)N[C@@H]21)C(=O)OP(=O)([O-])OC[C@H]1O[C@@H](n2cnc3c(N)ncnc32)[C@@H](O)C1O. The molecule has 9 rings (SSSR count). The fourth-order valence-corrected chi connectivity index (χ4v) is 15.4. The Bertz CT molecular complexity index is 2750. The number of nitrogen functional groups attached to an aromatic ring is 1. The number of nitrogens with one attached hydrogen (secondary N) is 6. The van der Waals surface area contributed by atoms with Crippen LogP contribution in [0.25, 0.3) is 32.0 Å². The molecule has 2 aromatic heterocycles. The van der Waals surface area contributed by atoms with E-state index in [-0.39, 0.29) is 89.4 Å². The summed E-state index contributed by atoms with van der Waals surface area (Å²) in [6.45, 7) is -0.806. The third-order valence-corrected chi connectivity index (χ3v) is 19.4. The van der Waals surface area contributed by atoms with Gasteiger partial charge >= 0.3 is 43.8 Å². The number of aromatic nitrogens is 4. The number of anilines is 1. The lowest BCUT2D eigenvalue weighted by molar-refractivity contribution is -0.227. The molecule has 0 bridgehead atoms. The number of amides is 6. The number of nitrogens with zero attached hydrogens (tertiary/aromatic N) is 10. The molecule has 9 heterocycles. The second-order valence-corrected chi connectivity index (χ2v) is 24.3. The molecule has 17 atom stereocenters. The van der Waals surface area contributed by atoms with Gasteiger partial charge in [0.15, 0.2) is 17.7 Å². The second kappa shape index (κ2) is 27.8. The van der Waals surface area contributed by atoms with Crippen LogP contribution in [-0.4, -0.2) is 182 Å². The minimum atomic E-state index is -5.30. The Hall–Kier alpha value is -6.17. The first-order chi connectivity index (χ1) is 37.8. The molecule has 5 unspecified atom stereocenters. The standard InChI is InChI=1S/C20H27N10O9PS.C13H18N2O3S.C10H15N5O3S/c21-16-13-17(24-6-23-16)30(7-25-13)18-15(32)14(31)10(38-18)4-37-40(35,36)39-19(33)8(28-29-22)2-1-3-11-12-9(5-41-11)26-20(34)27-12;1-2-4-8(12(16)17)5-3-6-10-11-9(7-19-10)14-13(18)15-11;11-15-14-5(9(16)17)2-1-3-7-8-6(4-19-7)12-10(18)13-8/h6-12,14-15,18,31-32H,1-5H2,(H,35,36)(H2,21,23,24)(H2,26,27,34);1,8-11H,3-7H2,(H,16,17)(H2,14,15,18);5-8H,1-4H2,(H,16,17)(H2,12,13,18)/p-1/t8?,9-,10+,11-,12-,14?,15-,18+;8?,9-,10-,11-;5?,6-,7-,8-/m000/s1. The van der Waals surface area contributed by atoms with E-state index in [1.54, 1.807) is 23.5 Å². The van der Waals surface area contributed by atoms with Gasteiger partial charge in [0.1, 0.15) is 42.2 Å². The Kier molecular flexibility index (Phi) is 21.3. The van der Waals surface area contributed by atoms with E-state index in [1.807, 2.05) is 11.8 Å². The maximum atomic E-state index is 12.5. The maximum Gasteiger partial charge on any atom is 0.322 e. The van der Waals surface area contributed by atoms with Crippen LogP contribution in [0.1, 0.15) is 70.4 Å². The summed E-state index contributed by atoms with van der Waals surface area (Å²) in [5, 5.41) is 63.4. The Balaban J connectivity index is 0.000000197. The van der Waals surface area contributed by atoms with Gasteiger partial charge in [0, 0.05) is 49.3 Å². The number of aliphatic carboxylic acids is 2. The van der Waals surface area contributed by atoms with E-state index in [2.05, 4.69) is 77.3 Å². The summed E-state index contributed by atoms with van der Waals surface area (Å²) >= 11 is 5.29. The molecular weight excluding hydrogens is 1120 g/mol. The summed E-state index contributed by atoms with van der Waals surface area (Å²) in [6, 6.07) is -2.21. The molecule has 0 saturated carbocycles. The number of fused-ring (bicyclic) bond motifs is 4. The average Bonchev–Trinajstić information content (AvgIpc) is 4.42. The summed E-state index contributed by atoms with van der Waals surface area (Å²) in [7, 11) is -5.30. The van der Waals surface area contributed by atoms with E-state index in [0.29, 0.717) is 42.6 Å². The third-order valence-electron chi connectivity index (χ3n) is 14.0. The van der Waals surface area contributed by atoms with Gasteiger partial charge < -0.3 is 76.7 Å². The molecule has 7 aliphatic heterocycles. The van der Waals surface area contributed by atoms with Crippen molar-refractivity contribution in [3.8, 4) is 12.3 Å². The number of carbonyl (C=O) groups is 6. The van der Waals surface area contributed by atoms with Gasteiger partial charge in [-0.05, 0) is 49.6 Å². The first kappa shape index (κ1) is 60.5. The number of imidazole rings is 1. The normalized spacial score (nSPS) is 30.6. The van der Waals surface area contributed by atoms with Crippen LogP contribution in [0.2, 0.25) is 0 Å². The van der Waals surface area contributed by atoms with Crippen LogP contribution in [0.5, 0.6) is 0 Å². The number of rotatable bonds is 23. The molecule has 7 fully saturated rings. The smallest absolute Gasteiger partial charge is 0.322 e. The van der Waals surface area contributed by atoms with Crippen LogP contribution in [0.4, 0.5) is 20.2 Å². The first-order valence-corrected chi connectivity index (χ1v) is 29.6. The van der Waals surface area contributed by atoms with E-state index in [4.69, 9.17) is 42.7 Å². The number of nitrogens with two attached hydrogens (primary N) is 1. The lowest BCUT2D eigenvalue weighted by Crippen LogP contribution is -2.37. The number of carbonyl (C=O) groups excluding carboxylic acids is 4. The van der Waals surface area contributed by atoms with Crippen molar-refractivity contribution in [2.24, 2.45) is 16.1 Å². The van der Waals surface area contributed by atoms with Gasteiger partial charge in [0.25, 0.3) is 0 Å². The molecule has 12 N–H and O–H groups in total. The van der Waals surface area contributed by atoms with Gasteiger partial charge in [-0.2, -0.15) is 35.3 Å². The summed E-state index contributed by atoms with van der Waals surface area (Å²) in [5.41, 5.74) is 23.3. The third kappa shape index (κ3) is 15.6. The number of terminal acetylenes is 1. The highest BCUT2D eigenvalue weighted by molar-refractivity contribution is 8.00. The van der Waals surface area contributed by atoms with Crippen molar-refractivity contribution in [1.29, 1.82) is 0 Å². The Morgan fingerprint density at radius 3 is 1.82 bits per heavy atom. The molecule has 0 aromatic carbocycles. The summed E-state index contributed by atoms with van der Waals surface area (Å²) in [4.78, 5) is 97.7. The molecule has 0 aliphatic carbocycles.